The van der Waals surface area contributed by atoms with Gasteiger partial charge in [-0.2, -0.15) is 0 Å². The van der Waals surface area contributed by atoms with Crippen molar-refractivity contribution in [2.45, 2.75) is 57.1 Å². The number of nitrogens with zero attached hydrogens (tertiary/aromatic N) is 2. The second kappa shape index (κ2) is 15.7. The third kappa shape index (κ3) is 9.97. The molecule has 1 unspecified atom stereocenters. The Hall–Kier alpha value is -4.05. The van der Waals surface area contributed by atoms with Gasteiger partial charge >= 0.3 is 0 Å². The van der Waals surface area contributed by atoms with Crippen molar-refractivity contribution < 1.29 is 22.7 Å². The van der Waals surface area contributed by atoms with E-state index in [4.69, 9.17) is 27.9 Å². The zero-order chi connectivity index (χ0) is 34.2. The molecule has 0 bridgehead atoms. The summed E-state index contributed by atoms with van der Waals surface area (Å²) >= 11 is 12.2. The smallest absolute Gasteiger partial charge is 0.264 e. The maximum atomic E-state index is 14.6. The van der Waals surface area contributed by atoms with Crippen LogP contribution in [0.25, 0.3) is 0 Å². The van der Waals surface area contributed by atoms with E-state index >= 15 is 0 Å². The van der Waals surface area contributed by atoms with Crippen LogP contribution < -0.4 is 14.4 Å². The van der Waals surface area contributed by atoms with Gasteiger partial charge in [0.25, 0.3) is 10.0 Å². The lowest BCUT2D eigenvalue weighted by atomic mass is 10.0. The van der Waals surface area contributed by atoms with E-state index < -0.39 is 34.1 Å². The van der Waals surface area contributed by atoms with E-state index in [0.29, 0.717) is 22.4 Å². The lowest BCUT2D eigenvalue weighted by Gasteiger charge is -2.35. The van der Waals surface area contributed by atoms with Gasteiger partial charge in [-0.05, 0) is 99.5 Å². The number of nitrogens with one attached hydrogen (secondary N) is 1. The fourth-order valence-corrected chi connectivity index (χ4v) is 6.60. The van der Waals surface area contributed by atoms with E-state index in [2.05, 4.69) is 5.32 Å². The highest BCUT2D eigenvalue weighted by molar-refractivity contribution is 7.92. The highest BCUT2D eigenvalue weighted by atomic mass is 35.5. The molecule has 4 aromatic rings. The zero-order valence-corrected chi connectivity index (χ0v) is 29.1. The molecular weight excluding hydrogens is 657 g/mol. The SMILES string of the molecule is CCOc1ccc(N(CC(=O)N(Cc2ccc(Cl)cc2)C(Cc2ccccc2)C(=O)NC(C)(C)C)S(=O)(=O)c2ccc(Cl)cc2)cc1. The molecule has 1 atom stereocenters. The van der Waals surface area contributed by atoms with Crippen molar-refractivity contribution in [3.05, 3.63) is 124 Å². The molecule has 47 heavy (non-hydrogen) atoms. The third-order valence-corrected chi connectivity index (χ3v) is 9.44. The molecule has 0 aromatic heterocycles. The monoisotopic (exact) mass is 695 g/mol. The number of benzene rings is 4. The predicted molar refractivity (Wildman–Crippen MR) is 187 cm³/mol. The minimum Gasteiger partial charge on any atom is -0.494 e. The van der Waals surface area contributed by atoms with Crippen LogP contribution >= 0.6 is 23.2 Å². The molecule has 0 spiro atoms. The van der Waals surface area contributed by atoms with Gasteiger partial charge in [-0.1, -0.05) is 65.7 Å². The standard InChI is InChI=1S/C36H39Cl2N3O5S/c1-5-46-31-19-17-30(18-20-31)41(47(44,45)32-21-15-29(38)16-22-32)25-34(42)40(24-27-11-13-28(37)14-12-27)33(35(43)39-36(2,3)4)23-26-9-7-6-8-10-26/h6-22,33H,5,23-25H2,1-4H3,(H,39,43). The van der Waals surface area contributed by atoms with Crippen LogP contribution in [0.5, 0.6) is 5.75 Å². The number of rotatable bonds is 13. The number of hydrogen-bond acceptors (Lipinski definition) is 5. The summed E-state index contributed by atoms with van der Waals surface area (Å²) in [6.45, 7) is 7.32. The quantitative estimate of drug-likeness (QED) is 0.160. The molecule has 0 radical (unpaired) electrons. The van der Waals surface area contributed by atoms with E-state index in [0.717, 1.165) is 15.4 Å². The predicted octanol–water partition coefficient (Wildman–Crippen LogP) is 7.14. The van der Waals surface area contributed by atoms with E-state index in [1.165, 1.54) is 29.2 Å². The van der Waals surface area contributed by atoms with Crippen molar-refractivity contribution in [3.63, 3.8) is 0 Å². The molecule has 0 fully saturated rings. The normalized spacial score (nSPS) is 12.2. The van der Waals surface area contributed by atoms with Crippen LogP contribution in [-0.4, -0.2) is 49.9 Å². The summed E-state index contributed by atoms with van der Waals surface area (Å²) in [4.78, 5) is 29.9. The topological polar surface area (TPSA) is 96.0 Å². The zero-order valence-electron chi connectivity index (χ0n) is 26.8. The molecule has 11 heteroatoms. The second-order valence-electron chi connectivity index (χ2n) is 12.0. The van der Waals surface area contributed by atoms with Gasteiger partial charge in [0.05, 0.1) is 17.2 Å². The number of anilines is 1. The summed E-state index contributed by atoms with van der Waals surface area (Å²) in [6, 6.07) is 27.6. The van der Waals surface area contributed by atoms with E-state index in [1.54, 1.807) is 48.5 Å². The molecule has 4 rings (SSSR count). The first kappa shape index (κ1) is 35.8. The fraction of sp³-hybridized carbons (Fsp3) is 0.278. The molecule has 0 aliphatic rings. The first-order chi connectivity index (χ1) is 22.3. The van der Waals surface area contributed by atoms with Crippen molar-refractivity contribution in [1.82, 2.24) is 10.2 Å². The maximum Gasteiger partial charge on any atom is 0.264 e. The number of halogens is 2. The number of carbonyl (C=O) groups is 2. The van der Waals surface area contributed by atoms with Crippen molar-refractivity contribution in [2.75, 3.05) is 17.5 Å². The highest BCUT2D eigenvalue weighted by Gasteiger charge is 2.35. The molecule has 248 valence electrons. The molecule has 2 amide bonds. The molecular formula is C36H39Cl2N3O5S. The Morgan fingerprint density at radius 2 is 1.38 bits per heavy atom. The van der Waals surface area contributed by atoms with E-state index in [9.17, 15) is 18.0 Å². The Morgan fingerprint density at radius 3 is 1.94 bits per heavy atom. The lowest BCUT2D eigenvalue weighted by molar-refractivity contribution is -0.140. The van der Waals surface area contributed by atoms with Crippen LogP contribution in [-0.2, 0) is 32.6 Å². The lowest BCUT2D eigenvalue weighted by Crippen LogP contribution is -2.56. The molecule has 8 nitrogen and oxygen atoms in total. The first-order valence-corrected chi connectivity index (χ1v) is 17.4. The van der Waals surface area contributed by atoms with Crippen molar-refractivity contribution in [3.8, 4) is 5.75 Å². The fourth-order valence-electron chi connectivity index (χ4n) is 4.93. The molecule has 0 saturated carbocycles. The van der Waals surface area contributed by atoms with Gasteiger partial charge in [-0.3, -0.25) is 13.9 Å². The van der Waals surface area contributed by atoms with Crippen molar-refractivity contribution >= 4 is 50.7 Å². The molecule has 1 N–H and O–H groups in total. The van der Waals surface area contributed by atoms with Crippen molar-refractivity contribution in [1.29, 1.82) is 0 Å². The Bertz CT molecular complexity index is 1740. The Kier molecular flexibility index (Phi) is 12.0. The minimum atomic E-state index is -4.27. The second-order valence-corrected chi connectivity index (χ2v) is 14.7. The average molecular weight is 697 g/mol. The molecule has 4 aromatic carbocycles. The first-order valence-electron chi connectivity index (χ1n) is 15.2. The average Bonchev–Trinajstić information content (AvgIpc) is 3.03. The van der Waals surface area contributed by atoms with Gasteiger partial charge in [0, 0.05) is 28.5 Å². The summed E-state index contributed by atoms with van der Waals surface area (Å²) in [6.07, 6.45) is 0.203. The Balaban J connectivity index is 1.81. The van der Waals surface area contributed by atoms with Gasteiger partial charge in [-0.25, -0.2) is 8.42 Å². The van der Waals surface area contributed by atoms with Crippen LogP contribution in [0.2, 0.25) is 10.0 Å². The van der Waals surface area contributed by atoms with Crippen LogP contribution in [0.4, 0.5) is 5.69 Å². The Labute approximate surface area is 287 Å². The summed E-state index contributed by atoms with van der Waals surface area (Å²) < 4.78 is 35.0. The van der Waals surface area contributed by atoms with Crippen LogP contribution in [0.15, 0.2) is 108 Å². The number of ether oxygens (including phenoxy) is 1. The van der Waals surface area contributed by atoms with E-state index in [-0.39, 0.29) is 29.5 Å². The van der Waals surface area contributed by atoms with Crippen LogP contribution in [0.1, 0.15) is 38.8 Å². The summed E-state index contributed by atoms with van der Waals surface area (Å²) in [5.74, 6) is -0.384. The number of hydrogen-bond donors (Lipinski definition) is 1. The van der Waals surface area contributed by atoms with Crippen molar-refractivity contribution in [2.24, 2.45) is 0 Å². The van der Waals surface area contributed by atoms with E-state index in [1.807, 2.05) is 58.0 Å². The van der Waals surface area contributed by atoms with Crippen LogP contribution in [0, 0.1) is 0 Å². The molecule has 0 saturated heterocycles. The largest absolute Gasteiger partial charge is 0.494 e. The van der Waals surface area contributed by atoms with Gasteiger partial charge < -0.3 is 15.0 Å². The van der Waals surface area contributed by atoms with Gasteiger partial charge in [-0.15, -0.1) is 0 Å². The highest BCUT2D eigenvalue weighted by Crippen LogP contribution is 2.28. The number of amides is 2. The summed E-state index contributed by atoms with van der Waals surface area (Å²) in [5.41, 5.74) is 1.22. The van der Waals surface area contributed by atoms with Crippen LogP contribution in [0.3, 0.4) is 0 Å². The Morgan fingerprint density at radius 1 is 0.809 bits per heavy atom. The van der Waals surface area contributed by atoms with Gasteiger partial charge in [0.2, 0.25) is 11.8 Å². The van der Waals surface area contributed by atoms with Gasteiger partial charge in [0.1, 0.15) is 18.3 Å². The molecule has 0 aliphatic heterocycles. The maximum absolute atomic E-state index is 14.6. The molecule has 0 aliphatic carbocycles. The number of carbonyl (C=O) groups excluding carboxylic acids is 2. The summed E-state index contributed by atoms with van der Waals surface area (Å²) in [7, 11) is -4.27. The number of sulfonamides is 1. The third-order valence-electron chi connectivity index (χ3n) is 7.15. The summed E-state index contributed by atoms with van der Waals surface area (Å²) in [5, 5.41) is 3.91. The minimum absolute atomic E-state index is 0.0309. The van der Waals surface area contributed by atoms with Gasteiger partial charge in [0.15, 0.2) is 0 Å². The molecule has 0 heterocycles.